The molecule has 0 fully saturated rings. The summed E-state index contributed by atoms with van der Waals surface area (Å²) in [5.74, 6) is -0.239. The maximum atomic E-state index is 12.3. The molecule has 0 aliphatic heterocycles. The molecule has 0 radical (unpaired) electrons. The Morgan fingerprint density at radius 3 is 2.64 bits per heavy atom. The van der Waals surface area contributed by atoms with Crippen molar-refractivity contribution in [3.05, 3.63) is 64.5 Å². The van der Waals surface area contributed by atoms with Crippen LogP contribution in [0, 0.1) is 6.92 Å². The van der Waals surface area contributed by atoms with Crippen LogP contribution in [-0.4, -0.2) is 17.6 Å². The molecule has 4 nitrogen and oxygen atoms in total. The van der Waals surface area contributed by atoms with E-state index >= 15 is 0 Å². The van der Waals surface area contributed by atoms with Crippen LogP contribution < -0.4 is 4.80 Å². The predicted octanol–water partition coefficient (Wildman–Crippen LogP) is 3.36. The van der Waals surface area contributed by atoms with E-state index in [0.717, 1.165) is 15.8 Å². The number of para-hydroxylation sites is 1. The number of benzene rings is 2. The Balaban J connectivity index is 2.10. The molecule has 3 rings (SSSR count). The lowest BCUT2D eigenvalue weighted by Gasteiger charge is -2.02. The summed E-state index contributed by atoms with van der Waals surface area (Å²) in [6, 6.07) is 15.4. The fourth-order valence-electron chi connectivity index (χ4n) is 2.21. The summed E-state index contributed by atoms with van der Waals surface area (Å²) >= 11 is 1.49. The highest BCUT2D eigenvalue weighted by Gasteiger charge is 2.08. The fraction of sp³-hybridized carbons (Fsp3) is 0.176. The van der Waals surface area contributed by atoms with Crippen molar-refractivity contribution in [1.82, 2.24) is 4.57 Å². The lowest BCUT2D eigenvalue weighted by atomic mass is 10.1. The first-order valence-electron chi connectivity index (χ1n) is 6.92. The van der Waals surface area contributed by atoms with Crippen molar-refractivity contribution in [3.8, 4) is 0 Å². The monoisotopic (exact) mass is 312 g/mol. The minimum atomic E-state index is -0.239. The molecule has 1 amide bonds. The van der Waals surface area contributed by atoms with Crippen molar-refractivity contribution in [2.75, 3.05) is 7.11 Å². The number of carbonyl (C=O) groups excluding carboxylic acids is 1. The van der Waals surface area contributed by atoms with Crippen molar-refractivity contribution < 1.29 is 9.53 Å². The van der Waals surface area contributed by atoms with E-state index in [2.05, 4.69) is 4.99 Å². The molecule has 0 bridgehead atoms. The van der Waals surface area contributed by atoms with Crippen LogP contribution in [0.5, 0.6) is 0 Å². The number of hydrogen-bond acceptors (Lipinski definition) is 3. The highest BCUT2D eigenvalue weighted by molar-refractivity contribution is 7.16. The molecule has 0 atom stereocenters. The van der Waals surface area contributed by atoms with Gasteiger partial charge < -0.3 is 4.74 Å². The zero-order valence-corrected chi connectivity index (χ0v) is 13.3. The van der Waals surface area contributed by atoms with E-state index in [0.29, 0.717) is 17.1 Å². The molecule has 22 heavy (non-hydrogen) atoms. The summed E-state index contributed by atoms with van der Waals surface area (Å²) in [4.78, 5) is 17.3. The maximum Gasteiger partial charge on any atom is 0.279 e. The lowest BCUT2D eigenvalue weighted by molar-refractivity contribution is 0.0993. The number of aromatic nitrogens is 1. The van der Waals surface area contributed by atoms with Gasteiger partial charge in [-0.05, 0) is 31.2 Å². The van der Waals surface area contributed by atoms with E-state index in [-0.39, 0.29) is 5.91 Å². The molecule has 1 aromatic heterocycles. The maximum absolute atomic E-state index is 12.3. The fourth-order valence-corrected chi connectivity index (χ4v) is 3.22. The molecule has 1 heterocycles. The second-order valence-corrected chi connectivity index (χ2v) is 5.99. The minimum Gasteiger partial charge on any atom is -0.364 e. The number of nitrogens with zero attached hydrogens (tertiary/aromatic N) is 2. The molecule has 0 saturated heterocycles. The average molecular weight is 312 g/mol. The SMILES string of the molecule is COCn1c(=NC(=O)c2ccc(C)cc2)sc2ccccc21. The van der Waals surface area contributed by atoms with Crippen LogP contribution in [0.1, 0.15) is 15.9 Å². The van der Waals surface area contributed by atoms with Crippen LogP contribution in [0.3, 0.4) is 0 Å². The highest BCUT2D eigenvalue weighted by atomic mass is 32.1. The zero-order chi connectivity index (χ0) is 15.5. The Kier molecular flexibility index (Phi) is 4.18. The third kappa shape index (κ3) is 2.86. The van der Waals surface area contributed by atoms with Crippen molar-refractivity contribution in [2.24, 2.45) is 4.99 Å². The van der Waals surface area contributed by atoms with Crippen LogP contribution in [-0.2, 0) is 11.5 Å². The Hall–Kier alpha value is -2.24. The van der Waals surface area contributed by atoms with Gasteiger partial charge in [0.1, 0.15) is 6.73 Å². The molecule has 2 aromatic carbocycles. The number of hydrogen-bond donors (Lipinski definition) is 0. The van der Waals surface area contributed by atoms with Crippen LogP contribution >= 0.6 is 11.3 Å². The average Bonchev–Trinajstić information content (AvgIpc) is 2.86. The molecule has 0 N–H and O–H groups in total. The van der Waals surface area contributed by atoms with Gasteiger partial charge in [-0.2, -0.15) is 4.99 Å². The number of thiazole rings is 1. The predicted molar refractivity (Wildman–Crippen MR) is 87.9 cm³/mol. The van der Waals surface area contributed by atoms with Crippen molar-refractivity contribution in [3.63, 3.8) is 0 Å². The quantitative estimate of drug-likeness (QED) is 0.744. The molecule has 0 aliphatic rings. The number of fused-ring (bicyclic) bond motifs is 1. The van der Waals surface area contributed by atoms with Gasteiger partial charge >= 0.3 is 0 Å². The molecule has 0 spiro atoms. The summed E-state index contributed by atoms with van der Waals surface area (Å²) in [5, 5.41) is 0. The number of carbonyl (C=O) groups is 1. The van der Waals surface area contributed by atoms with Crippen LogP contribution in [0.25, 0.3) is 10.2 Å². The summed E-state index contributed by atoms with van der Waals surface area (Å²) < 4.78 is 8.22. The first-order chi connectivity index (χ1) is 10.7. The third-order valence-corrected chi connectivity index (χ3v) is 4.40. The lowest BCUT2D eigenvalue weighted by Crippen LogP contribution is -2.17. The van der Waals surface area contributed by atoms with Crippen molar-refractivity contribution in [2.45, 2.75) is 13.7 Å². The van der Waals surface area contributed by atoms with E-state index in [1.807, 2.05) is 47.9 Å². The molecule has 5 heteroatoms. The smallest absolute Gasteiger partial charge is 0.279 e. The Bertz CT molecular complexity index is 876. The molecular weight excluding hydrogens is 296 g/mol. The van der Waals surface area contributed by atoms with Crippen LogP contribution in [0.15, 0.2) is 53.5 Å². The number of amides is 1. The first kappa shape index (κ1) is 14.7. The van der Waals surface area contributed by atoms with Gasteiger partial charge in [0.25, 0.3) is 5.91 Å². The van der Waals surface area contributed by atoms with Crippen molar-refractivity contribution in [1.29, 1.82) is 0 Å². The third-order valence-electron chi connectivity index (χ3n) is 3.34. The second-order valence-electron chi connectivity index (χ2n) is 4.98. The first-order valence-corrected chi connectivity index (χ1v) is 7.74. The van der Waals surface area contributed by atoms with Gasteiger partial charge in [0.05, 0.1) is 10.2 Å². The van der Waals surface area contributed by atoms with Gasteiger partial charge in [-0.3, -0.25) is 9.36 Å². The standard InChI is InChI=1S/C17H16N2O2S/c1-12-7-9-13(10-8-12)16(20)18-17-19(11-21-2)14-5-3-4-6-15(14)22-17/h3-10H,11H2,1-2H3. The largest absolute Gasteiger partial charge is 0.364 e. The highest BCUT2D eigenvalue weighted by Crippen LogP contribution is 2.16. The molecule has 3 aromatic rings. The second kappa shape index (κ2) is 6.25. The van der Waals surface area contributed by atoms with Gasteiger partial charge in [0, 0.05) is 12.7 Å². The minimum absolute atomic E-state index is 0.239. The van der Waals surface area contributed by atoms with Gasteiger partial charge in [-0.1, -0.05) is 41.2 Å². The summed E-state index contributed by atoms with van der Waals surface area (Å²) in [7, 11) is 1.63. The summed E-state index contributed by atoms with van der Waals surface area (Å²) in [5.41, 5.74) is 2.73. The van der Waals surface area contributed by atoms with Gasteiger partial charge in [-0.15, -0.1) is 0 Å². The van der Waals surface area contributed by atoms with E-state index in [4.69, 9.17) is 4.74 Å². The van der Waals surface area contributed by atoms with E-state index < -0.39 is 0 Å². The van der Waals surface area contributed by atoms with E-state index in [9.17, 15) is 4.79 Å². The van der Waals surface area contributed by atoms with Gasteiger partial charge in [-0.25, -0.2) is 0 Å². The number of aryl methyl sites for hydroxylation is 1. The molecule has 0 saturated carbocycles. The zero-order valence-electron chi connectivity index (χ0n) is 12.4. The van der Waals surface area contributed by atoms with Gasteiger partial charge in [0.15, 0.2) is 4.80 Å². The molecule has 0 aliphatic carbocycles. The van der Waals surface area contributed by atoms with Crippen molar-refractivity contribution >= 4 is 27.5 Å². The summed E-state index contributed by atoms with van der Waals surface area (Å²) in [6.45, 7) is 2.36. The Labute approximate surface area is 132 Å². The number of methoxy groups -OCH3 is 1. The van der Waals surface area contributed by atoms with Gasteiger partial charge in [0.2, 0.25) is 0 Å². The van der Waals surface area contributed by atoms with Crippen LogP contribution in [0.2, 0.25) is 0 Å². The Morgan fingerprint density at radius 2 is 1.91 bits per heavy atom. The van der Waals surface area contributed by atoms with Crippen LogP contribution in [0.4, 0.5) is 0 Å². The molecule has 112 valence electrons. The summed E-state index contributed by atoms with van der Waals surface area (Å²) in [6.07, 6.45) is 0. The normalized spacial score (nSPS) is 12.0. The molecule has 0 unspecified atom stereocenters. The topological polar surface area (TPSA) is 43.6 Å². The Morgan fingerprint density at radius 1 is 1.18 bits per heavy atom. The van der Waals surface area contributed by atoms with E-state index in [1.165, 1.54) is 11.3 Å². The number of rotatable bonds is 3. The number of ether oxygens (including phenoxy) is 1. The van der Waals surface area contributed by atoms with E-state index in [1.54, 1.807) is 19.2 Å². The molecular formula is C17H16N2O2S.